The Kier molecular flexibility index (Phi) is 6.54. The van der Waals surface area contributed by atoms with Gasteiger partial charge in [0, 0.05) is 13.7 Å². The minimum Gasteiger partial charge on any atom is -0.384 e. The Morgan fingerprint density at radius 3 is 2.69 bits per heavy atom. The van der Waals surface area contributed by atoms with Gasteiger partial charge in [0.1, 0.15) is 0 Å². The number of amides is 1. The van der Waals surface area contributed by atoms with E-state index in [2.05, 4.69) is 5.32 Å². The van der Waals surface area contributed by atoms with Crippen molar-refractivity contribution in [3.8, 4) is 0 Å². The number of carbonyl (C=O) groups is 1. The lowest BCUT2D eigenvalue weighted by atomic mass is 10.2. The lowest BCUT2D eigenvalue weighted by molar-refractivity contribution is -0.122. The van der Waals surface area contributed by atoms with Crippen LogP contribution in [0.5, 0.6) is 0 Å². The Bertz CT molecular complexity index is 151. The Morgan fingerprint density at radius 2 is 2.23 bits per heavy atom. The van der Waals surface area contributed by atoms with Crippen molar-refractivity contribution < 1.29 is 9.53 Å². The van der Waals surface area contributed by atoms with Crippen molar-refractivity contribution in [3.63, 3.8) is 0 Å². The molecule has 0 bridgehead atoms. The van der Waals surface area contributed by atoms with Crippen molar-refractivity contribution in [3.05, 3.63) is 0 Å². The quantitative estimate of drug-likeness (QED) is 0.622. The molecular formula is C9H20N2O2. The Balaban J connectivity index is 3.57. The Morgan fingerprint density at radius 1 is 1.62 bits per heavy atom. The summed E-state index contributed by atoms with van der Waals surface area (Å²) in [6, 6.07) is -0.380. The van der Waals surface area contributed by atoms with Crippen molar-refractivity contribution in [1.82, 2.24) is 5.32 Å². The number of nitrogens with one attached hydrogen (secondary N) is 1. The first kappa shape index (κ1) is 12.4. The van der Waals surface area contributed by atoms with Gasteiger partial charge in [0.05, 0.1) is 12.6 Å². The zero-order valence-electron chi connectivity index (χ0n) is 8.67. The highest BCUT2D eigenvalue weighted by Crippen LogP contribution is 1.93. The summed E-state index contributed by atoms with van der Waals surface area (Å²) in [5.74, 6) is 0.253. The molecule has 4 nitrogen and oxygen atoms in total. The first-order chi connectivity index (χ1) is 6.11. The van der Waals surface area contributed by atoms with E-state index >= 15 is 0 Å². The van der Waals surface area contributed by atoms with Gasteiger partial charge in [0.2, 0.25) is 5.91 Å². The van der Waals surface area contributed by atoms with Crippen LogP contribution in [0.2, 0.25) is 0 Å². The van der Waals surface area contributed by atoms with E-state index in [0.29, 0.717) is 25.5 Å². The van der Waals surface area contributed by atoms with Crippen molar-refractivity contribution in [1.29, 1.82) is 0 Å². The second kappa shape index (κ2) is 6.86. The van der Waals surface area contributed by atoms with E-state index in [4.69, 9.17) is 10.5 Å². The average molecular weight is 188 g/mol. The minimum atomic E-state index is -0.380. The van der Waals surface area contributed by atoms with E-state index in [1.54, 1.807) is 7.11 Å². The molecule has 1 unspecified atom stereocenters. The summed E-state index contributed by atoms with van der Waals surface area (Å²) < 4.78 is 4.94. The molecule has 0 heterocycles. The molecule has 0 radical (unpaired) electrons. The molecule has 0 aromatic rings. The van der Waals surface area contributed by atoms with Crippen LogP contribution in [0.3, 0.4) is 0 Å². The number of rotatable bonds is 6. The fourth-order valence-corrected chi connectivity index (χ4v) is 0.935. The topological polar surface area (TPSA) is 64.4 Å². The van der Waals surface area contributed by atoms with Gasteiger partial charge in [-0.05, 0) is 12.3 Å². The molecule has 0 aliphatic heterocycles. The summed E-state index contributed by atoms with van der Waals surface area (Å²) >= 11 is 0. The van der Waals surface area contributed by atoms with Crippen molar-refractivity contribution in [2.24, 2.45) is 11.7 Å². The van der Waals surface area contributed by atoms with Crippen LogP contribution in [0.25, 0.3) is 0 Å². The van der Waals surface area contributed by atoms with E-state index < -0.39 is 0 Å². The molecule has 0 saturated carbocycles. The Hall–Kier alpha value is -0.610. The average Bonchev–Trinajstić information content (AvgIpc) is 2.13. The first-order valence-corrected chi connectivity index (χ1v) is 4.64. The normalized spacial score (nSPS) is 15.1. The molecule has 1 amide bonds. The van der Waals surface area contributed by atoms with Crippen LogP contribution in [-0.4, -0.2) is 32.2 Å². The van der Waals surface area contributed by atoms with Crippen LogP contribution < -0.4 is 11.1 Å². The predicted octanol–water partition coefficient (Wildman–Crippen LogP) is 0.122. The zero-order chi connectivity index (χ0) is 10.3. The first-order valence-electron chi connectivity index (χ1n) is 4.64. The van der Waals surface area contributed by atoms with Gasteiger partial charge in [0.15, 0.2) is 0 Å². The van der Waals surface area contributed by atoms with E-state index in [0.717, 1.165) is 0 Å². The molecule has 78 valence electrons. The standard InChI is InChI=1S/C9H20N2O2/c1-4-8(10)9(12)11-5-7(2)6-13-3/h7-8H,4-6,10H2,1-3H3,(H,11,12)/t7?,8-/m0/s1. The summed E-state index contributed by atoms with van der Waals surface area (Å²) in [5.41, 5.74) is 5.53. The summed E-state index contributed by atoms with van der Waals surface area (Å²) in [6.07, 6.45) is 0.671. The molecule has 13 heavy (non-hydrogen) atoms. The van der Waals surface area contributed by atoms with Gasteiger partial charge in [-0.1, -0.05) is 13.8 Å². The largest absolute Gasteiger partial charge is 0.384 e. The lowest BCUT2D eigenvalue weighted by Crippen LogP contribution is -2.42. The molecule has 2 atom stereocenters. The second-order valence-electron chi connectivity index (χ2n) is 3.32. The predicted molar refractivity (Wildman–Crippen MR) is 52.3 cm³/mol. The molecule has 0 aliphatic carbocycles. The van der Waals surface area contributed by atoms with Crippen LogP contribution in [0.1, 0.15) is 20.3 Å². The fraction of sp³-hybridized carbons (Fsp3) is 0.889. The number of hydrogen-bond donors (Lipinski definition) is 2. The van der Waals surface area contributed by atoms with Gasteiger partial charge in [0.25, 0.3) is 0 Å². The molecule has 0 aromatic carbocycles. The van der Waals surface area contributed by atoms with E-state index in [9.17, 15) is 4.79 Å². The van der Waals surface area contributed by atoms with Gasteiger partial charge in [-0.2, -0.15) is 0 Å². The molecular weight excluding hydrogens is 168 g/mol. The minimum absolute atomic E-state index is 0.0783. The maximum absolute atomic E-state index is 11.2. The lowest BCUT2D eigenvalue weighted by Gasteiger charge is -2.13. The summed E-state index contributed by atoms with van der Waals surface area (Å²) in [5, 5.41) is 2.77. The third-order valence-corrected chi connectivity index (χ3v) is 1.85. The van der Waals surface area contributed by atoms with Gasteiger partial charge in [-0.25, -0.2) is 0 Å². The van der Waals surface area contributed by atoms with Gasteiger partial charge in [-0.15, -0.1) is 0 Å². The maximum atomic E-state index is 11.2. The highest BCUT2D eigenvalue weighted by molar-refractivity contribution is 5.81. The molecule has 0 saturated heterocycles. The van der Waals surface area contributed by atoms with Gasteiger partial charge >= 0.3 is 0 Å². The van der Waals surface area contributed by atoms with Crippen LogP contribution >= 0.6 is 0 Å². The number of ether oxygens (including phenoxy) is 1. The molecule has 0 rings (SSSR count). The highest BCUT2D eigenvalue weighted by Gasteiger charge is 2.11. The summed E-state index contributed by atoms with van der Waals surface area (Å²) in [6.45, 7) is 5.19. The molecule has 3 N–H and O–H groups in total. The van der Waals surface area contributed by atoms with Crippen molar-refractivity contribution in [2.45, 2.75) is 26.3 Å². The summed E-state index contributed by atoms with van der Waals surface area (Å²) in [7, 11) is 1.65. The SMILES string of the molecule is CC[C@H](N)C(=O)NCC(C)COC. The molecule has 0 fully saturated rings. The summed E-state index contributed by atoms with van der Waals surface area (Å²) in [4.78, 5) is 11.2. The van der Waals surface area contributed by atoms with Crippen LogP contribution in [0, 0.1) is 5.92 Å². The maximum Gasteiger partial charge on any atom is 0.236 e. The second-order valence-corrected chi connectivity index (χ2v) is 3.32. The van der Waals surface area contributed by atoms with Gasteiger partial charge in [-0.3, -0.25) is 4.79 Å². The number of methoxy groups -OCH3 is 1. The molecule has 0 aromatic heterocycles. The van der Waals surface area contributed by atoms with Crippen LogP contribution in [0.4, 0.5) is 0 Å². The number of carbonyl (C=O) groups excluding carboxylic acids is 1. The third kappa shape index (κ3) is 5.60. The van der Waals surface area contributed by atoms with E-state index in [-0.39, 0.29) is 11.9 Å². The zero-order valence-corrected chi connectivity index (χ0v) is 8.67. The van der Waals surface area contributed by atoms with E-state index in [1.165, 1.54) is 0 Å². The number of nitrogens with two attached hydrogens (primary N) is 1. The molecule has 0 aliphatic rings. The van der Waals surface area contributed by atoms with Crippen molar-refractivity contribution in [2.75, 3.05) is 20.3 Å². The smallest absolute Gasteiger partial charge is 0.236 e. The monoisotopic (exact) mass is 188 g/mol. The highest BCUT2D eigenvalue weighted by atomic mass is 16.5. The van der Waals surface area contributed by atoms with Gasteiger partial charge < -0.3 is 15.8 Å². The Labute approximate surface area is 79.8 Å². The third-order valence-electron chi connectivity index (χ3n) is 1.85. The molecule has 4 heteroatoms. The van der Waals surface area contributed by atoms with E-state index in [1.807, 2.05) is 13.8 Å². The van der Waals surface area contributed by atoms with Crippen LogP contribution in [-0.2, 0) is 9.53 Å². The fourth-order valence-electron chi connectivity index (χ4n) is 0.935. The molecule has 0 spiro atoms. The van der Waals surface area contributed by atoms with Crippen LogP contribution in [0.15, 0.2) is 0 Å². The number of hydrogen-bond acceptors (Lipinski definition) is 3. The van der Waals surface area contributed by atoms with Crippen molar-refractivity contribution >= 4 is 5.91 Å².